The maximum atomic E-state index is 13.6. The Hall–Kier alpha value is -3.99. The number of benzene rings is 2. The molecule has 2 aromatic carbocycles. The number of rotatable bonds is 8. The van der Waals surface area contributed by atoms with E-state index < -0.39 is 17.3 Å². The average molecular weight is 673 g/mol. The molecule has 1 fully saturated rings. The molecule has 2 N–H and O–H groups in total. The van der Waals surface area contributed by atoms with E-state index in [1.165, 1.54) is 34.9 Å². The van der Waals surface area contributed by atoms with E-state index in [-0.39, 0.29) is 17.6 Å². The molecule has 1 amide bonds. The Morgan fingerprint density at radius 2 is 1.79 bits per heavy atom. The van der Waals surface area contributed by atoms with Crippen molar-refractivity contribution in [3.63, 3.8) is 0 Å². The van der Waals surface area contributed by atoms with Crippen LogP contribution in [0.2, 0.25) is 5.02 Å². The van der Waals surface area contributed by atoms with Crippen LogP contribution in [-0.4, -0.2) is 59.7 Å². The van der Waals surface area contributed by atoms with Crippen LogP contribution in [-0.2, 0) is 31.4 Å². The number of likely N-dealkylation sites (tertiary alicyclic amines) is 1. The van der Waals surface area contributed by atoms with E-state index in [1.54, 1.807) is 11.7 Å². The van der Waals surface area contributed by atoms with Gasteiger partial charge < -0.3 is 15.2 Å². The van der Waals surface area contributed by atoms with Crippen molar-refractivity contribution >= 4 is 34.3 Å². The van der Waals surface area contributed by atoms with Gasteiger partial charge in [-0.05, 0) is 87.6 Å². The van der Waals surface area contributed by atoms with Crippen molar-refractivity contribution in [3.05, 3.63) is 86.9 Å². The zero-order valence-electron chi connectivity index (χ0n) is 28.3. The predicted octanol–water partition coefficient (Wildman–Crippen LogP) is 6.46. The average Bonchev–Trinajstić information content (AvgIpc) is 3.40. The molecule has 254 valence electrons. The highest BCUT2D eigenvalue weighted by molar-refractivity contribution is 6.31. The van der Waals surface area contributed by atoms with E-state index in [4.69, 9.17) is 16.3 Å². The lowest BCUT2D eigenvalue weighted by molar-refractivity contribution is -0.0364. The van der Waals surface area contributed by atoms with E-state index in [0.29, 0.717) is 38.0 Å². The first kappa shape index (κ1) is 33.9. The molecule has 6 rings (SSSR count). The molecule has 1 aliphatic carbocycles. The summed E-state index contributed by atoms with van der Waals surface area (Å²) in [6.07, 6.45) is 9.17. The number of piperidine rings is 1. The van der Waals surface area contributed by atoms with Gasteiger partial charge in [0.2, 0.25) is 0 Å². The number of hydrogen-bond acceptors (Lipinski definition) is 7. The van der Waals surface area contributed by atoms with Crippen molar-refractivity contribution in [3.8, 4) is 11.3 Å². The van der Waals surface area contributed by atoms with Crippen molar-refractivity contribution in [2.45, 2.75) is 90.1 Å². The second-order valence-corrected chi connectivity index (χ2v) is 14.6. The maximum absolute atomic E-state index is 13.6. The number of carbonyl (C=O) groups excluding carboxylic acids is 1. The van der Waals surface area contributed by atoms with Crippen LogP contribution in [0.1, 0.15) is 76.0 Å². The number of fused-ring (bicyclic) bond motifs is 1. The van der Waals surface area contributed by atoms with E-state index in [9.17, 15) is 14.7 Å². The van der Waals surface area contributed by atoms with Gasteiger partial charge in [0.15, 0.2) is 5.52 Å². The number of amides is 1. The Bertz CT molecular complexity index is 1880. The van der Waals surface area contributed by atoms with Gasteiger partial charge in [-0.15, -0.1) is 0 Å². The number of ether oxygens (including phenoxy) is 1. The van der Waals surface area contributed by atoms with E-state index in [0.717, 1.165) is 46.8 Å². The number of hydrogen-bond donors (Lipinski definition) is 2. The van der Waals surface area contributed by atoms with Crippen LogP contribution in [0.15, 0.2) is 59.7 Å². The van der Waals surface area contributed by atoms with Crippen LogP contribution in [0, 0.1) is 0 Å². The van der Waals surface area contributed by atoms with Gasteiger partial charge in [0.05, 0.1) is 24.2 Å². The summed E-state index contributed by atoms with van der Waals surface area (Å²) < 4.78 is 8.45. The second-order valence-electron chi connectivity index (χ2n) is 14.2. The summed E-state index contributed by atoms with van der Waals surface area (Å²) >= 11 is 6.72. The zero-order valence-corrected chi connectivity index (χ0v) is 29.0. The van der Waals surface area contributed by atoms with Crippen molar-refractivity contribution in [1.29, 1.82) is 0 Å². The monoisotopic (exact) mass is 672 g/mol. The fraction of sp³-hybridized carbons (Fsp3) is 0.459. The molecule has 0 atom stereocenters. The molecular formula is C37H45ClN6O4. The van der Waals surface area contributed by atoms with E-state index >= 15 is 0 Å². The number of allylic oxidation sites excluding steroid dienone is 2. The molecule has 48 heavy (non-hydrogen) atoms. The third-order valence-corrected chi connectivity index (χ3v) is 9.59. The van der Waals surface area contributed by atoms with Gasteiger partial charge in [-0.2, -0.15) is 5.10 Å². The lowest BCUT2D eigenvalue weighted by Gasteiger charge is -2.38. The molecule has 1 aliphatic heterocycles. The van der Waals surface area contributed by atoms with Crippen molar-refractivity contribution in [1.82, 2.24) is 29.5 Å². The van der Waals surface area contributed by atoms with Crippen molar-refractivity contribution in [2.75, 3.05) is 13.1 Å². The molecule has 0 spiro atoms. The molecular weight excluding hydrogens is 628 g/mol. The summed E-state index contributed by atoms with van der Waals surface area (Å²) in [4.78, 5) is 32.5. The first-order valence-electron chi connectivity index (χ1n) is 16.8. The molecule has 0 unspecified atom stereocenters. The number of nitrogens with zero attached hydrogens (tertiary/aromatic N) is 5. The predicted molar refractivity (Wildman–Crippen MR) is 189 cm³/mol. The number of halogens is 1. The highest BCUT2D eigenvalue weighted by atomic mass is 35.5. The standard InChI is InChI=1S/C37H45ClN6O4/c1-36(2,3)48-35(46)39-21-25-10-12-27(13-11-25)33-31-32(41-42(33)4)34(45)44(24-40-31)23-37(47)16-18-43(19-17-37)22-29-15-14-28(20-30(29)38)26-8-6-5-7-9-26/h8,10-15,20,24,47H,5-7,9,16-19,21-23H2,1-4H3,(H,39,46). The Labute approximate surface area is 286 Å². The summed E-state index contributed by atoms with van der Waals surface area (Å²) in [7, 11) is 1.79. The van der Waals surface area contributed by atoms with E-state index in [1.807, 2.05) is 45.0 Å². The first-order valence-corrected chi connectivity index (χ1v) is 17.2. The molecule has 10 nitrogen and oxygen atoms in total. The molecule has 3 heterocycles. The Balaban J connectivity index is 1.09. The zero-order chi connectivity index (χ0) is 34.1. The van der Waals surface area contributed by atoms with Crippen LogP contribution in [0.25, 0.3) is 27.9 Å². The Kier molecular flexibility index (Phi) is 9.79. The Morgan fingerprint density at radius 1 is 1.06 bits per heavy atom. The number of alkyl carbamates (subject to hydrolysis) is 1. The third-order valence-electron chi connectivity index (χ3n) is 9.24. The van der Waals surface area contributed by atoms with Gasteiger partial charge in [0, 0.05) is 43.8 Å². The minimum Gasteiger partial charge on any atom is -0.444 e. The number of aromatic nitrogens is 4. The largest absolute Gasteiger partial charge is 0.444 e. The first-order chi connectivity index (χ1) is 22.9. The van der Waals surface area contributed by atoms with Crippen LogP contribution in [0.3, 0.4) is 0 Å². The van der Waals surface area contributed by atoms with Gasteiger partial charge in [-0.3, -0.25) is 18.9 Å². The number of carbonyl (C=O) groups is 1. The molecule has 4 aromatic rings. The molecule has 0 saturated carbocycles. The van der Waals surface area contributed by atoms with E-state index in [2.05, 4.69) is 44.6 Å². The summed E-state index contributed by atoms with van der Waals surface area (Å²) in [5, 5.41) is 19.6. The van der Waals surface area contributed by atoms with Gasteiger partial charge in [0.1, 0.15) is 11.1 Å². The van der Waals surface area contributed by atoms with Gasteiger partial charge in [0.25, 0.3) is 5.56 Å². The quantitative estimate of drug-likeness (QED) is 0.221. The number of aryl methyl sites for hydroxylation is 1. The third kappa shape index (κ3) is 7.83. The van der Waals surface area contributed by atoms with Gasteiger partial charge in [-0.25, -0.2) is 9.78 Å². The minimum atomic E-state index is -1.03. The minimum absolute atomic E-state index is 0.151. The Morgan fingerprint density at radius 3 is 2.46 bits per heavy atom. The normalized spacial score (nSPS) is 16.9. The smallest absolute Gasteiger partial charge is 0.407 e. The topological polar surface area (TPSA) is 115 Å². The summed E-state index contributed by atoms with van der Waals surface area (Å²) in [5.41, 5.74) is 5.05. The molecule has 0 bridgehead atoms. The van der Waals surface area contributed by atoms with Gasteiger partial charge in [-0.1, -0.05) is 54.1 Å². The number of aliphatic hydroxyl groups is 1. The van der Waals surface area contributed by atoms with Crippen LogP contribution >= 0.6 is 11.6 Å². The summed E-state index contributed by atoms with van der Waals surface area (Å²) in [5.74, 6) is 0. The number of nitrogens with one attached hydrogen (secondary N) is 1. The van der Waals surface area contributed by atoms with Crippen LogP contribution < -0.4 is 10.9 Å². The fourth-order valence-corrected chi connectivity index (χ4v) is 6.86. The second kappa shape index (κ2) is 13.9. The van der Waals surface area contributed by atoms with Crippen molar-refractivity contribution < 1.29 is 14.6 Å². The van der Waals surface area contributed by atoms with Crippen LogP contribution in [0.5, 0.6) is 0 Å². The fourth-order valence-electron chi connectivity index (χ4n) is 6.62. The highest BCUT2D eigenvalue weighted by Crippen LogP contribution is 2.32. The SMILES string of the molecule is Cn1nc2c(=O)n(CC3(O)CCN(Cc4ccc(C5=CCCCC5)cc4Cl)CC3)cnc2c1-c1ccc(CNC(=O)OC(C)(C)C)cc1. The summed E-state index contributed by atoms with van der Waals surface area (Å²) in [6.45, 7) is 8.05. The molecule has 1 saturated heterocycles. The molecule has 11 heteroatoms. The molecule has 2 aromatic heterocycles. The van der Waals surface area contributed by atoms with Gasteiger partial charge >= 0.3 is 6.09 Å². The van der Waals surface area contributed by atoms with Crippen molar-refractivity contribution in [2.24, 2.45) is 7.05 Å². The molecule has 0 radical (unpaired) electrons. The lowest BCUT2D eigenvalue weighted by Crippen LogP contribution is -2.47. The molecule has 2 aliphatic rings. The lowest BCUT2D eigenvalue weighted by atomic mass is 9.90. The maximum Gasteiger partial charge on any atom is 0.407 e. The van der Waals surface area contributed by atoms with Crippen LogP contribution in [0.4, 0.5) is 4.79 Å². The highest BCUT2D eigenvalue weighted by Gasteiger charge is 2.34. The summed E-state index contributed by atoms with van der Waals surface area (Å²) in [6, 6.07) is 14.1.